The highest BCUT2D eigenvalue weighted by Gasteiger charge is 2.14. The van der Waals surface area contributed by atoms with Crippen molar-refractivity contribution in [1.82, 2.24) is 5.32 Å². The first-order chi connectivity index (χ1) is 18.9. The molecule has 5 aromatic rings. The van der Waals surface area contributed by atoms with Gasteiger partial charge in [0.25, 0.3) is 0 Å². The van der Waals surface area contributed by atoms with Crippen LogP contribution in [0, 0.1) is 6.92 Å². The molecule has 0 aromatic heterocycles. The van der Waals surface area contributed by atoms with Crippen LogP contribution in [0.25, 0.3) is 21.9 Å². The summed E-state index contributed by atoms with van der Waals surface area (Å²) < 4.78 is 0. The number of rotatable bonds is 7. The van der Waals surface area contributed by atoms with Gasteiger partial charge in [-0.3, -0.25) is 4.90 Å². The SMILES string of the molecule is CCN(C(=O)NCc1ccc(Cc2c(-c3ccc(O)cc3)ccc3cc(O)ccc23)cc1)c1ccc(C)cc1. The third-order valence-electron chi connectivity index (χ3n) is 7.05. The van der Waals surface area contributed by atoms with E-state index >= 15 is 0 Å². The van der Waals surface area contributed by atoms with Crippen LogP contribution < -0.4 is 10.2 Å². The number of benzene rings is 5. The molecule has 0 saturated heterocycles. The number of nitrogens with zero attached hydrogens (tertiary/aromatic N) is 1. The highest BCUT2D eigenvalue weighted by Crippen LogP contribution is 2.34. The Labute approximate surface area is 229 Å². The molecule has 3 N–H and O–H groups in total. The molecule has 5 nitrogen and oxygen atoms in total. The Kier molecular flexibility index (Phi) is 7.50. The molecule has 0 saturated carbocycles. The molecule has 5 heteroatoms. The average Bonchev–Trinajstić information content (AvgIpc) is 2.94. The summed E-state index contributed by atoms with van der Waals surface area (Å²) in [6.45, 7) is 5.02. The van der Waals surface area contributed by atoms with Crippen LogP contribution >= 0.6 is 0 Å². The summed E-state index contributed by atoms with van der Waals surface area (Å²) in [6, 6.07) is 32.9. The van der Waals surface area contributed by atoms with Gasteiger partial charge in [0.1, 0.15) is 11.5 Å². The first kappa shape index (κ1) is 25.9. The molecule has 5 aromatic carbocycles. The number of fused-ring (bicyclic) bond motifs is 1. The van der Waals surface area contributed by atoms with Crippen molar-refractivity contribution < 1.29 is 15.0 Å². The zero-order chi connectivity index (χ0) is 27.4. The van der Waals surface area contributed by atoms with Crippen molar-refractivity contribution in [1.29, 1.82) is 0 Å². The summed E-state index contributed by atoms with van der Waals surface area (Å²) >= 11 is 0. The van der Waals surface area contributed by atoms with Crippen molar-refractivity contribution in [2.45, 2.75) is 26.8 Å². The standard InChI is InChI=1S/C34H32N2O3/c1-3-36(28-13-4-23(2)5-14-28)34(39)35-22-25-8-6-24(7-9-25)20-33-31(26-10-15-29(37)16-11-26)18-12-27-21-30(38)17-19-32(27)33/h4-19,21,37-38H,3,20,22H2,1-2H3,(H,35,39). The summed E-state index contributed by atoms with van der Waals surface area (Å²) in [6.07, 6.45) is 0.696. The molecule has 0 fully saturated rings. The third kappa shape index (κ3) is 5.88. The van der Waals surface area contributed by atoms with Crippen LogP contribution in [-0.2, 0) is 13.0 Å². The predicted octanol–water partition coefficient (Wildman–Crippen LogP) is 7.55. The molecule has 0 bridgehead atoms. The molecule has 2 amide bonds. The van der Waals surface area contributed by atoms with E-state index in [-0.39, 0.29) is 17.5 Å². The van der Waals surface area contributed by atoms with Crippen LogP contribution in [0.2, 0.25) is 0 Å². The maximum atomic E-state index is 12.9. The minimum Gasteiger partial charge on any atom is -0.508 e. The van der Waals surface area contributed by atoms with E-state index < -0.39 is 0 Å². The van der Waals surface area contributed by atoms with Crippen molar-refractivity contribution in [2.75, 3.05) is 11.4 Å². The Balaban J connectivity index is 1.35. The minimum absolute atomic E-state index is 0.122. The van der Waals surface area contributed by atoms with Gasteiger partial charge in [0.05, 0.1) is 0 Å². The number of amides is 2. The zero-order valence-corrected chi connectivity index (χ0v) is 22.2. The quantitative estimate of drug-likeness (QED) is 0.209. The Morgan fingerprint density at radius 3 is 2.13 bits per heavy atom. The summed E-state index contributed by atoms with van der Waals surface area (Å²) in [4.78, 5) is 14.6. The van der Waals surface area contributed by atoms with E-state index in [0.29, 0.717) is 19.5 Å². The number of aromatic hydroxyl groups is 2. The largest absolute Gasteiger partial charge is 0.508 e. The molecule has 0 heterocycles. The molecule has 0 spiro atoms. The first-order valence-electron chi connectivity index (χ1n) is 13.1. The lowest BCUT2D eigenvalue weighted by molar-refractivity contribution is 0.246. The van der Waals surface area contributed by atoms with E-state index in [9.17, 15) is 15.0 Å². The highest BCUT2D eigenvalue weighted by molar-refractivity contribution is 5.93. The molecular weight excluding hydrogens is 484 g/mol. The molecular formula is C34H32N2O3. The maximum Gasteiger partial charge on any atom is 0.322 e. The van der Waals surface area contributed by atoms with Crippen molar-refractivity contribution in [3.05, 3.63) is 125 Å². The van der Waals surface area contributed by atoms with Gasteiger partial charge in [-0.15, -0.1) is 0 Å². The molecule has 0 atom stereocenters. The van der Waals surface area contributed by atoms with Gasteiger partial charge in [-0.05, 0) is 95.3 Å². The van der Waals surface area contributed by atoms with Crippen LogP contribution in [0.1, 0.15) is 29.2 Å². The lowest BCUT2D eigenvalue weighted by Crippen LogP contribution is -2.39. The summed E-state index contributed by atoms with van der Waals surface area (Å²) in [7, 11) is 0. The maximum absolute atomic E-state index is 12.9. The molecule has 39 heavy (non-hydrogen) atoms. The summed E-state index contributed by atoms with van der Waals surface area (Å²) in [5.74, 6) is 0.468. The minimum atomic E-state index is -0.122. The number of carbonyl (C=O) groups is 1. The molecule has 5 rings (SSSR count). The molecule has 0 aliphatic carbocycles. The van der Waals surface area contributed by atoms with Gasteiger partial charge < -0.3 is 15.5 Å². The van der Waals surface area contributed by atoms with E-state index in [2.05, 4.69) is 35.6 Å². The fourth-order valence-electron chi connectivity index (χ4n) is 4.90. The third-order valence-corrected chi connectivity index (χ3v) is 7.05. The van der Waals surface area contributed by atoms with Gasteiger partial charge in [0.2, 0.25) is 0 Å². The number of urea groups is 1. The fourth-order valence-corrected chi connectivity index (χ4v) is 4.90. The number of nitrogens with one attached hydrogen (secondary N) is 1. The number of phenols is 2. The summed E-state index contributed by atoms with van der Waals surface area (Å²) in [5.41, 5.74) is 7.45. The molecule has 0 unspecified atom stereocenters. The number of anilines is 1. The van der Waals surface area contributed by atoms with Gasteiger partial charge in [-0.2, -0.15) is 0 Å². The van der Waals surface area contributed by atoms with Crippen LogP contribution in [0.3, 0.4) is 0 Å². The second kappa shape index (κ2) is 11.3. The van der Waals surface area contributed by atoms with Gasteiger partial charge >= 0.3 is 6.03 Å². The Bertz CT molecular complexity index is 1590. The van der Waals surface area contributed by atoms with E-state index in [1.165, 1.54) is 0 Å². The molecule has 0 radical (unpaired) electrons. The highest BCUT2D eigenvalue weighted by atomic mass is 16.3. The molecule has 196 valence electrons. The number of aryl methyl sites for hydroxylation is 1. The van der Waals surface area contributed by atoms with Crippen molar-refractivity contribution in [3.63, 3.8) is 0 Å². The average molecular weight is 517 g/mol. The molecule has 0 aliphatic rings. The number of phenolic OH excluding ortho intramolecular Hbond substituents is 2. The Morgan fingerprint density at radius 1 is 0.769 bits per heavy atom. The van der Waals surface area contributed by atoms with Crippen molar-refractivity contribution in [2.24, 2.45) is 0 Å². The topological polar surface area (TPSA) is 72.8 Å². The van der Waals surface area contributed by atoms with Crippen molar-refractivity contribution in [3.8, 4) is 22.6 Å². The number of carbonyl (C=O) groups excluding carboxylic acids is 1. The van der Waals surface area contributed by atoms with Gasteiger partial charge in [-0.1, -0.05) is 72.3 Å². The number of hydrogen-bond donors (Lipinski definition) is 3. The smallest absolute Gasteiger partial charge is 0.322 e. The van der Waals surface area contributed by atoms with Crippen molar-refractivity contribution >= 4 is 22.5 Å². The Morgan fingerprint density at radius 2 is 1.44 bits per heavy atom. The Hall–Kier alpha value is -4.77. The lowest BCUT2D eigenvalue weighted by atomic mass is 9.90. The first-order valence-corrected chi connectivity index (χ1v) is 13.1. The van der Waals surface area contributed by atoms with E-state index in [1.54, 1.807) is 29.2 Å². The lowest BCUT2D eigenvalue weighted by Gasteiger charge is -2.21. The van der Waals surface area contributed by atoms with Gasteiger partial charge in [0.15, 0.2) is 0 Å². The normalized spacial score (nSPS) is 10.9. The second-order valence-corrected chi connectivity index (χ2v) is 9.78. The number of hydrogen-bond acceptors (Lipinski definition) is 3. The van der Waals surface area contributed by atoms with Gasteiger partial charge in [0, 0.05) is 18.8 Å². The van der Waals surface area contributed by atoms with Gasteiger partial charge in [-0.25, -0.2) is 4.79 Å². The van der Waals surface area contributed by atoms with E-state index in [0.717, 1.165) is 49.8 Å². The fraction of sp³-hybridized carbons (Fsp3) is 0.147. The summed E-state index contributed by atoms with van der Waals surface area (Å²) in [5, 5.41) is 24.9. The van der Waals surface area contributed by atoms with Crippen LogP contribution in [-0.4, -0.2) is 22.8 Å². The second-order valence-electron chi connectivity index (χ2n) is 9.78. The van der Waals surface area contributed by atoms with E-state index in [1.807, 2.05) is 62.4 Å². The van der Waals surface area contributed by atoms with Crippen LogP contribution in [0.15, 0.2) is 103 Å². The zero-order valence-electron chi connectivity index (χ0n) is 22.2. The monoisotopic (exact) mass is 516 g/mol. The predicted molar refractivity (Wildman–Crippen MR) is 158 cm³/mol. The molecule has 0 aliphatic heterocycles. The van der Waals surface area contributed by atoms with Crippen LogP contribution in [0.5, 0.6) is 11.5 Å². The van der Waals surface area contributed by atoms with Crippen LogP contribution in [0.4, 0.5) is 10.5 Å². The van der Waals surface area contributed by atoms with E-state index in [4.69, 9.17) is 0 Å².